The number of piperidine rings is 1. The van der Waals surface area contributed by atoms with Gasteiger partial charge in [0.25, 0.3) is 0 Å². The highest BCUT2D eigenvalue weighted by Gasteiger charge is 2.28. The Hall–Kier alpha value is -1.56. The molecule has 1 aromatic rings. The molecular formula is C16H24ClN3O3. The van der Waals surface area contributed by atoms with Gasteiger partial charge in [-0.15, -0.1) is 0 Å². The second-order valence-corrected chi connectivity index (χ2v) is 7.23. The number of likely N-dealkylation sites (tertiary alicyclic amines) is 1. The van der Waals surface area contributed by atoms with E-state index < -0.39 is 5.60 Å². The maximum absolute atomic E-state index is 12.1. The number of nitrogens with zero attached hydrogens (tertiary/aromatic N) is 3. The van der Waals surface area contributed by atoms with Gasteiger partial charge in [0, 0.05) is 30.8 Å². The molecule has 2 heterocycles. The zero-order valence-corrected chi connectivity index (χ0v) is 14.9. The van der Waals surface area contributed by atoms with Gasteiger partial charge in [-0.2, -0.15) is 4.98 Å². The molecule has 1 aliphatic heterocycles. The molecule has 1 aliphatic rings. The van der Waals surface area contributed by atoms with Gasteiger partial charge >= 0.3 is 12.1 Å². The second-order valence-electron chi connectivity index (χ2n) is 6.87. The molecule has 0 bridgehead atoms. The van der Waals surface area contributed by atoms with E-state index in [0.717, 1.165) is 24.9 Å². The number of rotatable bonds is 3. The number of amides is 1. The molecule has 1 saturated heterocycles. The molecular weight excluding hydrogens is 318 g/mol. The first-order chi connectivity index (χ1) is 10.7. The molecule has 0 radical (unpaired) electrons. The Bertz CT molecular complexity index is 560. The quantitative estimate of drug-likeness (QED) is 0.788. The Kier molecular flexibility index (Phi) is 5.68. The van der Waals surface area contributed by atoms with Gasteiger partial charge in [0.05, 0.1) is 6.61 Å². The van der Waals surface area contributed by atoms with Gasteiger partial charge in [0.1, 0.15) is 10.8 Å². The third-order valence-corrected chi connectivity index (χ3v) is 3.89. The summed E-state index contributed by atoms with van der Waals surface area (Å²) in [7, 11) is 0. The number of carbonyl (C=O) groups excluding carboxylic acids is 1. The summed E-state index contributed by atoms with van der Waals surface area (Å²) in [6.07, 6.45) is 3.30. The maximum Gasteiger partial charge on any atom is 0.410 e. The maximum atomic E-state index is 12.1. The van der Waals surface area contributed by atoms with Crippen LogP contribution in [0.25, 0.3) is 0 Å². The van der Waals surface area contributed by atoms with Crippen LogP contribution in [0.1, 0.15) is 39.2 Å². The molecule has 7 heteroatoms. The number of ether oxygens (including phenoxy) is 2. The number of carbonyl (C=O) groups is 1. The molecule has 0 spiro atoms. The van der Waals surface area contributed by atoms with Gasteiger partial charge in [-0.3, -0.25) is 0 Å². The standard InChI is InChI=1S/C16H24ClN3O3/c1-11-8-18-14(19-13(11)17)22-10-12-6-5-7-20(9-12)15(21)23-16(2,3)4/h8,12H,5-7,9-10H2,1-4H3/t12-/m0/s1. The number of hydrogen-bond donors (Lipinski definition) is 0. The smallest absolute Gasteiger partial charge is 0.410 e. The fourth-order valence-electron chi connectivity index (χ4n) is 2.36. The van der Waals surface area contributed by atoms with Crippen LogP contribution in [0, 0.1) is 12.8 Å². The minimum absolute atomic E-state index is 0.236. The van der Waals surface area contributed by atoms with Crippen molar-refractivity contribution in [1.29, 1.82) is 0 Å². The first-order valence-corrected chi connectivity index (χ1v) is 8.22. The molecule has 1 fully saturated rings. The molecule has 23 heavy (non-hydrogen) atoms. The van der Waals surface area contributed by atoms with E-state index in [1.807, 2.05) is 27.7 Å². The van der Waals surface area contributed by atoms with Gasteiger partial charge < -0.3 is 14.4 Å². The zero-order valence-electron chi connectivity index (χ0n) is 14.1. The molecule has 0 saturated carbocycles. The number of hydrogen-bond acceptors (Lipinski definition) is 5. The number of aromatic nitrogens is 2. The first kappa shape index (κ1) is 17.8. The molecule has 0 aromatic carbocycles. The predicted molar refractivity (Wildman–Crippen MR) is 87.8 cm³/mol. The van der Waals surface area contributed by atoms with Gasteiger partial charge in [0.15, 0.2) is 0 Å². The fraction of sp³-hybridized carbons (Fsp3) is 0.688. The van der Waals surface area contributed by atoms with Crippen LogP contribution in [0.5, 0.6) is 6.01 Å². The van der Waals surface area contributed by atoms with E-state index in [2.05, 4.69) is 9.97 Å². The van der Waals surface area contributed by atoms with Crippen LogP contribution in [0.4, 0.5) is 4.79 Å². The van der Waals surface area contributed by atoms with E-state index in [4.69, 9.17) is 21.1 Å². The molecule has 128 valence electrons. The van der Waals surface area contributed by atoms with Crippen LogP contribution in [0.15, 0.2) is 6.20 Å². The van der Waals surface area contributed by atoms with Crippen LogP contribution < -0.4 is 4.74 Å². The largest absolute Gasteiger partial charge is 0.463 e. The van der Waals surface area contributed by atoms with E-state index in [-0.39, 0.29) is 18.0 Å². The van der Waals surface area contributed by atoms with Crippen LogP contribution in [-0.2, 0) is 4.74 Å². The summed E-state index contributed by atoms with van der Waals surface area (Å²) in [4.78, 5) is 22.1. The van der Waals surface area contributed by atoms with Crippen molar-refractivity contribution in [2.45, 2.75) is 46.1 Å². The van der Waals surface area contributed by atoms with Crippen molar-refractivity contribution in [3.8, 4) is 6.01 Å². The second kappa shape index (κ2) is 7.34. The van der Waals surface area contributed by atoms with Crippen LogP contribution in [0.3, 0.4) is 0 Å². The van der Waals surface area contributed by atoms with Crippen LogP contribution in [0.2, 0.25) is 5.15 Å². The van der Waals surface area contributed by atoms with Crippen molar-refractivity contribution >= 4 is 17.7 Å². The van der Waals surface area contributed by atoms with Crippen molar-refractivity contribution in [2.24, 2.45) is 5.92 Å². The normalized spacial score (nSPS) is 18.7. The highest BCUT2D eigenvalue weighted by atomic mass is 35.5. The Morgan fingerprint density at radius 3 is 2.87 bits per heavy atom. The first-order valence-electron chi connectivity index (χ1n) is 7.84. The third kappa shape index (κ3) is 5.53. The third-order valence-electron chi connectivity index (χ3n) is 3.51. The lowest BCUT2D eigenvalue weighted by Gasteiger charge is -2.33. The summed E-state index contributed by atoms with van der Waals surface area (Å²) in [6, 6.07) is 0.273. The summed E-state index contributed by atoms with van der Waals surface area (Å²) in [5.74, 6) is 0.236. The lowest BCUT2D eigenvalue weighted by molar-refractivity contribution is 0.0137. The van der Waals surface area contributed by atoms with Gasteiger partial charge in [0.2, 0.25) is 0 Å². The highest BCUT2D eigenvalue weighted by Crippen LogP contribution is 2.21. The summed E-state index contributed by atoms with van der Waals surface area (Å²) in [5.41, 5.74) is 0.334. The van der Waals surface area contributed by atoms with E-state index in [1.165, 1.54) is 0 Å². The van der Waals surface area contributed by atoms with Gasteiger partial charge in [-0.25, -0.2) is 9.78 Å². The molecule has 6 nitrogen and oxygen atoms in total. The van der Waals surface area contributed by atoms with Crippen molar-refractivity contribution < 1.29 is 14.3 Å². The summed E-state index contributed by atoms with van der Waals surface area (Å²) >= 11 is 5.96. The van der Waals surface area contributed by atoms with Crippen molar-refractivity contribution in [2.75, 3.05) is 19.7 Å². The molecule has 1 amide bonds. The zero-order chi connectivity index (χ0) is 17.0. The average molecular weight is 342 g/mol. The predicted octanol–water partition coefficient (Wildman–Crippen LogP) is 3.46. The summed E-state index contributed by atoms with van der Waals surface area (Å²) in [6.45, 7) is 9.24. The Balaban J connectivity index is 1.86. The van der Waals surface area contributed by atoms with Crippen molar-refractivity contribution in [1.82, 2.24) is 14.9 Å². The molecule has 0 aliphatic carbocycles. The van der Waals surface area contributed by atoms with Crippen molar-refractivity contribution in [3.05, 3.63) is 16.9 Å². The van der Waals surface area contributed by atoms with Gasteiger partial charge in [-0.05, 0) is 40.5 Å². The molecule has 0 unspecified atom stereocenters. The minimum atomic E-state index is -0.479. The van der Waals surface area contributed by atoms with E-state index >= 15 is 0 Å². The summed E-state index contributed by atoms with van der Waals surface area (Å²) in [5, 5.41) is 0.397. The Labute approximate surface area is 142 Å². The van der Waals surface area contributed by atoms with E-state index in [1.54, 1.807) is 11.1 Å². The highest BCUT2D eigenvalue weighted by molar-refractivity contribution is 6.30. The van der Waals surface area contributed by atoms with Crippen LogP contribution >= 0.6 is 11.6 Å². The SMILES string of the molecule is Cc1cnc(OC[C@H]2CCCN(C(=O)OC(C)(C)C)C2)nc1Cl. The van der Waals surface area contributed by atoms with Crippen molar-refractivity contribution in [3.63, 3.8) is 0 Å². The summed E-state index contributed by atoms with van der Waals surface area (Å²) < 4.78 is 11.0. The molecule has 2 rings (SSSR count). The number of aryl methyl sites for hydroxylation is 1. The lowest BCUT2D eigenvalue weighted by atomic mass is 9.99. The molecule has 1 atom stereocenters. The molecule has 0 N–H and O–H groups in total. The Morgan fingerprint density at radius 2 is 2.22 bits per heavy atom. The van der Waals surface area contributed by atoms with E-state index in [9.17, 15) is 4.79 Å². The Morgan fingerprint density at radius 1 is 1.48 bits per heavy atom. The lowest BCUT2D eigenvalue weighted by Crippen LogP contribution is -2.44. The van der Waals surface area contributed by atoms with Crippen LogP contribution in [-0.4, -0.2) is 46.3 Å². The van der Waals surface area contributed by atoms with Gasteiger partial charge in [-0.1, -0.05) is 11.6 Å². The number of halogens is 1. The van der Waals surface area contributed by atoms with E-state index in [0.29, 0.717) is 18.3 Å². The molecule has 1 aromatic heterocycles. The fourth-order valence-corrected chi connectivity index (χ4v) is 2.48. The topological polar surface area (TPSA) is 64.5 Å². The monoisotopic (exact) mass is 341 g/mol. The minimum Gasteiger partial charge on any atom is -0.463 e. The average Bonchev–Trinajstić information content (AvgIpc) is 2.47.